The number of hydrogen-bond donors (Lipinski definition) is 2. The molecule has 2 N–H and O–H groups in total. The fourth-order valence-corrected chi connectivity index (χ4v) is 2.27. The summed E-state index contributed by atoms with van der Waals surface area (Å²) in [6.07, 6.45) is 6.45. The summed E-state index contributed by atoms with van der Waals surface area (Å²) in [5.74, 6) is 1.12. The minimum atomic E-state index is -0.0891. The highest BCUT2D eigenvalue weighted by Crippen LogP contribution is 2.26. The molecular formula is C11H21ClN2O. The van der Waals surface area contributed by atoms with Crippen LogP contribution in [0.1, 0.15) is 39.0 Å². The zero-order chi connectivity index (χ0) is 11.1. The average Bonchev–Trinajstić information content (AvgIpc) is 2.27. The number of carbonyl (C=O) groups is 1. The van der Waals surface area contributed by atoms with Gasteiger partial charge in [0.2, 0.25) is 0 Å². The van der Waals surface area contributed by atoms with Crippen LogP contribution in [0.25, 0.3) is 0 Å². The van der Waals surface area contributed by atoms with Gasteiger partial charge in [-0.05, 0) is 25.7 Å². The quantitative estimate of drug-likeness (QED) is 0.719. The van der Waals surface area contributed by atoms with Crippen molar-refractivity contribution in [3.63, 3.8) is 0 Å². The van der Waals surface area contributed by atoms with Crippen molar-refractivity contribution in [2.24, 2.45) is 5.92 Å². The van der Waals surface area contributed by atoms with Gasteiger partial charge in [-0.25, -0.2) is 4.79 Å². The van der Waals surface area contributed by atoms with Crippen molar-refractivity contribution in [1.82, 2.24) is 10.6 Å². The molecule has 1 aliphatic carbocycles. The van der Waals surface area contributed by atoms with Gasteiger partial charge in [0.15, 0.2) is 0 Å². The van der Waals surface area contributed by atoms with E-state index in [0.29, 0.717) is 18.3 Å². The number of urea groups is 1. The lowest BCUT2D eigenvalue weighted by atomic mass is 9.85. The molecule has 2 amide bonds. The lowest BCUT2D eigenvalue weighted by Gasteiger charge is -2.28. The average molecular weight is 233 g/mol. The van der Waals surface area contributed by atoms with Crippen molar-refractivity contribution >= 4 is 17.6 Å². The molecule has 4 heteroatoms. The third-order valence-corrected chi connectivity index (χ3v) is 3.28. The first-order valence-corrected chi connectivity index (χ1v) is 6.38. The highest BCUT2D eigenvalue weighted by molar-refractivity contribution is 6.18. The monoisotopic (exact) mass is 232 g/mol. The molecule has 1 atom stereocenters. The molecule has 0 heterocycles. The summed E-state index contributed by atoms with van der Waals surface area (Å²) in [4.78, 5) is 11.4. The van der Waals surface area contributed by atoms with Crippen molar-refractivity contribution in [2.75, 3.05) is 12.4 Å². The summed E-state index contributed by atoms with van der Waals surface area (Å²) < 4.78 is 0. The molecule has 0 aliphatic heterocycles. The molecule has 0 bridgehead atoms. The number of nitrogens with one attached hydrogen (secondary N) is 2. The lowest BCUT2D eigenvalue weighted by molar-refractivity contribution is 0.225. The second-order valence-electron chi connectivity index (χ2n) is 4.28. The third kappa shape index (κ3) is 4.74. The van der Waals surface area contributed by atoms with Gasteiger partial charge >= 0.3 is 6.03 Å². The third-order valence-electron chi connectivity index (χ3n) is 3.10. The molecule has 0 unspecified atom stereocenters. The first-order chi connectivity index (χ1) is 7.24. The highest BCUT2D eigenvalue weighted by atomic mass is 35.5. The van der Waals surface area contributed by atoms with E-state index in [9.17, 15) is 4.79 Å². The number of amides is 2. The van der Waals surface area contributed by atoms with E-state index < -0.39 is 0 Å². The first kappa shape index (κ1) is 12.6. The van der Waals surface area contributed by atoms with Crippen molar-refractivity contribution < 1.29 is 4.79 Å². The smallest absolute Gasteiger partial charge is 0.315 e. The van der Waals surface area contributed by atoms with Crippen LogP contribution in [0.15, 0.2) is 0 Å². The first-order valence-electron chi connectivity index (χ1n) is 5.84. The Bertz CT molecular complexity index is 193. The summed E-state index contributed by atoms with van der Waals surface area (Å²) in [5, 5.41) is 5.70. The molecule has 1 rings (SSSR count). The number of halogens is 1. The Morgan fingerprint density at radius 2 is 2.07 bits per heavy atom. The van der Waals surface area contributed by atoms with Gasteiger partial charge in [-0.3, -0.25) is 0 Å². The van der Waals surface area contributed by atoms with Gasteiger partial charge in [0, 0.05) is 18.5 Å². The molecule has 0 saturated heterocycles. The summed E-state index contributed by atoms with van der Waals surface area (Å²) >= 11 is 5.49. The minimum Gasteiger partial charge on any atom is -0.337 e. The van der Waals surface area contributed by atoms with Crippen LogP contribution in [-0.4, -0.2) is 24.5 Å². The van der Waals surface area contributed by atoms with E-state index in [1.54, 1.807) is 0 Å². The molecule has 15 heavy (non-hydrogen) atoms. The van der Waals surface area contributed by atoms with Crippen LogP contribution in [0.5, 0.6) is 0 Å². The molecular weight excluding hydrogens is 212 g/mol. The number of alkyl halides is 1. The molecule has 0 radical (unpaired) electrons. The van der Waals surface area contributed by atoms with Crippen molar-refractivity contribution in [1.29, 1.82) is 0 Å². The zero-order valence-corrected chi connectivity index (χ0v) is 10.1. The van der Waals surface area contributed by atoms with Gasteiger partial charge in [-0.15, -0.1) is 11.6 Å². The molecule has 1 saturated carbocycles. The van der Waals surface area contributed by atoms with E-state index in [4.69, 9.17) is 11.6 Å². The SMILES string of the molecule is C[C@H](NC(=O)NCCCl)C1CCCCC1. The highest BCUT2D eigenvalue weighted by Gasteiger charge is 2.20. The number of hydrogen-bond acceptors (Lipinski definition) is 1. The van der Waals surface area contributed by atoms with Crippen LogP contribution >= 0.6 is 11.6 Å². The van der Waals surface area contributed by atoms with E-state index in [1.165, 1.54) is 32.1 Å². The van der Waals surface area contributed by atoms with Crippen LogP contribution in [0.2, 0.25) is 0 Å². The predicted molar refractivity (Wildman–Crippen MR) is 63.3 cm³/mol. The zero-order valence-electron chi connectivity index (χ0n) is 9.39. The maximum absolute atomic E-state index is 11.4. The Kier molecular flexibility index (Phi) is 5.84. The van der Waals surface area contributed by atoms with Crippen LogP contribution in [-0.2, 0) is 0 Å². The number of rotatable bonds is 4. The molecule has 3 nitrogen and oxygen atoms in total. The summed E-state index contributed by atoms with van der Waals surface area (Å²) in [6.45, 7) is 2.63. The topological polar surface area (TPSA) is 41.1 Å². The lowest BCUT2D eigenvalue weighted by Crippen LogP contribution is -2.44. The van der Waals surface area contributed by atoms with E-state index in [1.807, 2.05) is 0 Å². The van der Waals surface area contributed by atoms with Gasteiger partial charge in [0.1, 0.15) is 0 Å². The normalized spacial score (nSPS) is 19.6. The van der Waals surface area contributed by atoms with Gasteiger partial charge < -0.3 is 10.6 Å². The summed E-state index contributed by atoms with van der Waals surface area (Å²) in [5.41, 5.74) is 0. The van der Waals surface area contributed by atoms with Crippen molar-refractivity contribution in [2.45, 2.75) is 45.1 Å². The summed E-state index contributed by atoms with van der Waals surface area (Å²) in [7, 11) is 0. The Labute approximate surface area is 96.9 Å². The van der Waals surface area contributed by atoms with E-state index in [2.05, 4.69) is 17.6 Å². The molecule has 1 aliphatic rings. The Morgan fingerprint density at radius 1 is 1.40 bits per heavy atom. The standard InChI is InChI=1S/C11H21ClN2O/c1-9(10-5-3-2-4-6-10)14-11(15)13-8-7-12/h9-10H,2-8H2,1H3,(H2,13,14,15)/t9-/m0/s1. The number of carbonyl (C=O) groups excluding carboxylic acids is 1. The minimum absolute atomic E-state index is 0.0891. The van der Waals surface area contributed by atoms with Gasteiger partial charge in [-0.1, -0.05) is 19.3 Å². The Morgan fingerprint density at radius 3 is 2.67 bits per heavy atom. The molecule has 1 fully saturated rings. The Hall–Kier alpha value is -0.440. The Balaban J connectivity index is 2.21. The van der Waals surface area contributed by atoms with Gasteiger partial charge in [0.05, 0.1) is 0 Å². The molecule has 0 aromatic heterocycles. The van der Waals surface area contributed by atoms with Crippen LogP contribution < -0.4 is 10.6 Å². The van der Waals surface area contributed by atoms with E-state index in [0.717, 1.165) is 0 Å². The molecule has 0 aromatic rings. The maximum atomic E-state index is 11.4. The second-order valence-corrected chi connectivity index (χ2v) is 4.65. The van der Waals surface area contributed by atoms with Gasteiger partial charge in [-0.2, -0.15) is 0 Å². The summed E-state index contributed by atoms with van der Waals surface area (Å²) in [6, 6.07) is 0.189. The maximum Gasteiger partial charge on any atom is 0.315 e. The van der Waals surface area contributed by atoms with E-state index >= 15 is 0 Å². The van der Waals surface area contributed by atoms with Crippen molar-refractivity contribution in [3.05, 3.63) is 0 Å². The fourth-order valence-electron chi connectivity index (χ4n) is 2.17. The van der Waals surface area contributed by atoms with Crippen LogP contribution in [0, 0.1) is 5.92 Å². The second kappa shape index (κ2) is 6.94. The molecule has 0 aromatic carbocycles. The van der Waals surface area contributed by atoms with Crippen molar-refractivity contribution in [3.8, 4) is 0 Å². The molecule has 88 valence electrons. The predicted octanol–water partition coefficient (Wildman–Crippen LogP) is 2.49. The fraction of sp³-hybridized carbons (Fsp3) is 0.909. The van der Waals surface area contributed by atoms with Crippen LogP contribution in [0.4, 0.5) is 4.79 Å². The molecule has 0 spiro atoms. The largest absolute Gasteiger partial charge is 0.337 e. The van der Waals surface area contributed by atoms with E-state index in [-0.39, 0.29) is 12.1 Å². The van der Waals surface area contributed by atoms with Crippen LogP contribution in [0.3, 0.4) is 0 Å². The van der Waals surface area contributed by atoms with Gasteiger partial charge in [0.25, 0.3) is 0 Å².